The molecule has 0 N–H and O–H groups in total. The Labute approximate surface area is 194 Å². The van der Waals surface area contributed by atoms with Gasteiger partial charge < -0.3 is 19.3 Å². The summed E-state index contributed by atoms with van der Waals surface area (Å²) in [6, 6.07) is 9.68. The Morgan fingerprint density at radius 2 is 1.48 bits per heavy atom. The molecule has 31 heavy (non-hydrogen) atoms. The molecule has 0 fully saturated rings. The van der Waals surface area contributed by atoms with Crippen LogP contribution in [0.3, 0.4) is 0 Å². The monoisotopic (exact) mass is 476 g/mol. The number of ether oxygens (including phenoxy) is 2. The number of nitrogens with zero attached hydrogens (tertiary/aromatic N) is 6. The molecule has 1 aromatic carbocycles. The third-order valence-electron chi connectivity index (χ3n) is 4.33. The number of allylic oxidation sites excluding steroid dienone is 2. The summed E-state index contributed by atoms with van der Waals surface area (Å²) in [4.78, 5) is 12.0. The molecule has 0 amide bonds. The van der Waals surface area contributed by atoms with Gasteiger partial charge in [0.05, 0.1) is 29.2 Å². The minimum atomic E-state index is -0.721. The molecule has 2 aliphatic heterocycles. The summed E-state index contributed by atoms with van der Waals surface area (Å²) in [5.41, 5.74) is 1.22. The Bertz CT molecular complexity index is 1050. The second-order valence-electron chi connectivity index (χ2n) is 6.86. The van der Waals surface area contributed by atoms with Gasteiger partial charge in [-0.3, -0.25) is 0 Å². The lowest BCUT2D eigenvalue weighted by Crippen LogP contribution is -2.19. The minimum Gasteiger partial charge on any atom is -0.454 e. The van der Waals surface area contributed by atoms with Gasteiger partial charge >= 0.3 is 0 Å². The number of benzene rings is 1. The largest absolute Gasteiger partial charge is 0.454 e. The molecule has 0 saturated carbocycles. The van der Waals surface area contributed by atoms with Crippen molar-refractivity contribution in [2.45, 2.75) is 5.92 Å². The zero-order valence-corrected chi connectivity index (χ0v) is 19.5. The van der Waals surface area contributed by atoms with E-state index in [4.69, 9.17) is 32.7 Å². The normalized spacial score (nSPS) is 18.6. The van der Waals surface area contributed by atoms with Gasteiger partial charge in [0.25, 0.3) is 0 Å². The Balaban J connectivity index is 2.25. The second kappa shape index (κ2) is 9.52. The Kier molecular flexibility index (Phi) is 7.01. The zero-order valence-electron chi connectivity index (χ0n) is 17.2. The highest BCUT2D eigenvalue weighted by atomic mass is 35.5. The summed E-state index contributed by atoms with van der Waals surface area (Å²) in [5.74, 6) is 0.418. The van der Waals surface area contributed by atoms with Crippen molar-refractivity contribution in [1.82, 2.24) is 9.80 Å². The number of rotatable bonds is 3. The molecule has 0 atom stereocenters. The highest BCUT2D eigenvalue weighted by Crippen LogP contribution is 2.49. The molecule has 0 spiro atoms. The summed E-state index contributed by atoms with van der Waals surface area (Å²) < 4.78 is 10.9. The van der Waals surface area contributed by atoms with Crippen LogP contribution in [0.15, 0.2) is 49.4 Å². The quantitative estimate of drug-likeness (QED) is 0.368. The number of thioether (sulfide) groups is 1. The van der Waals surface area contributed by atoms with E-state index in [-0.39, 0.29) is 28.5 Å². The van der Waals surface area contributed by atoms with Crippen LogP contribution < -0.4 is 9.47 Å². The first-order chi connectivity index (χ1) is 14.8. The van der Waals surface area contributed by atoms with E-state index in [0.29, 0.717) is 27.1 Å². The Morgan fingerprint density at radius 1 is 0.968 bits per heavy atom. The van der Waals surface area contributed by atoms with E-state index in [2.05, 4.69) is 22.1 Å². The number of halogens is 2. The average molecular weight is 477 g/mol. The first-order valence-electron chi connectivity index (χ1n) is 8.95. The van der Waals surface area contributed by atoms with Crippen molar-refractivity contribution in [2.75, 3.05) is 35.0 Å². The highest BCUT2D eigenvalue weighted by Gasteiger charge is 2.34. The summed E-state index contributed by atoms with van der Waals surface area (Å²) in [7, 11) is 6.94. The lowest BCUT2D eigenvalue weighted by atomic mass is 9.85. The Morgan fingerprint density at radius 3 is 1.97 bits per heavy atom. The van der Waals surface area contributed by atoms with Crippen LogP contribution in [-0.2, 0) is 0 Å². The molecule has 0 bridgehead atoms. The molecule has 8 nitrogen and oxygen atoms in total. The van der Waals surface area contributed by atoms with Crippen molar-refractivity contribution in [2.24, 2.45) is 9.98 Å². The maximum absolute atomic E-state index is 10.0. The number of amidine groups is 2. The fourth-order valence-electron chi connectivity index (χ4n) is 2.78. The molecule has 2 heterocycles. The lowest BCUT2D eigenvalue weighted by Gasteiger charge is -2.25. The first-order valence-corrected chi connectivity index (χ1v) is 10.5. The van der Waals surface area contributed by atoms with Crippen molar-refractivity contribution < 1.29 is 9.47 Å². The molecular formula is C20H18Cl2N6O2S. The number of aliphatic imine (C=N–C) groups is 2. The number of hydrogen-bond acceptors (Lipinski definition) is 7. The van der Waals surface area contributed by atoms with E-state index in [1.165, 1.54) is 0 Å². The maximum atomic E-state index is 10.0. The van der Waals surface area contributed by atoms with Crippen LogP contribution in [0, 0.1) is 22.7 Å². The predicted molar refractivity (Wildman–Crippen MR) is 122 cm³/mol. The van der Waals surface area contributed by atoms with Crippen LogP contribution in [-0.4, -0.2) is 55.4 Å². The summed E-state index contributed by atoms with van der Waals surface area (Å²) in [6.45, 7) is 0.114. The van der Waals surface area contributed by atoms with Crippen molar-refractivity contribution >= 4 is 45.6 Å². The van der Waals surface area contributed by atoms with Crippen molar-refractivity contribution in [3.63, 3.8) is 0 Å². The van der Waals surface area contributed by atoms with E-state index in [1.807, 2.05) is 0 Å². The molecule has 0 unspecified atom stereocenters. The minimum absolute atomic E-state index is 0.114. The molecule has 0 aromatic heterocycles. The van der Waals surface area contributed by atoms with Gasteiger partial charge in [-0.2, -0.15) is 10.5 Å². The standard InChI is InChI=1S/C20H18Cl2N6O2S/c1-27(2)19(21)25-17-12(8-23)16(11-5-6-14-15(7-11)30-10-29-14)13(9-24)18(31-17)26-20(22)28(3)4/h5-7,16H,10H2,1-4H3/b25-19+,26-20+. The lowest BCUT2D eigenvalue weighted by molar-refractivity contribution is 0.174. The molecule has 0 aliphatic carbocycles. The van der Waals surface area contributed by atoms with E-state index in [9.17, 15) is 10.5 Å². The third kappa shape index (κ3) is 4.75. The molecule has 0 saturated heterocycles. The smallest absolute Gasteiger partial charge is 0.231 e. The van der Waals surface area contributed by atoms with Gasteiger partial charge in [-0.05, 0) is 52.7 Å². The van der Waals surface area contributed by atoms with Gasteiger partial charge in [0, 0.05) is 28.2 Å². The van der Waals surface area contributed by atoms with Gasteiger partial charge in [-0.15, -0.1) is 0 Å². The summed E-state index contributed by atoms with van der Waals surface area (Å²) >= 11 is 13.6. The van der Waals surface area contributed by atoms with Crippen LogP contribution in [0.1, 0.15) is 11.5 Å². The summed E-state index contributed by atoms with van der Waals surface area (Å²) in [6.07, 6.45) is 0. The number of nitriles is 2. The van der Waals surface area contributed by atoms with Crippen molar-refractivity contribution in [3.8, 4) is 23.6 Å². The van der Waals surface area contributed by atoms with Gasteiger partial charge in [-0.1, -0.05) is 6.07 Å². The summed E-state index contributed by atoms with van der Waals surface area (Å²) in [5, 5.41) is 21.0. The van der Waals surface area contributed by atoms with Crippen LogP contribution in [0.5, 0.6) is 11.5 Å². The van der Waals surface area contributed by atoms with E-state index in [0.717, 1.165) is 11.8 Å². The fourth-order valence-corrected chi connectivity index (χ4v) is 4.04. The third-order valence-corrected chi connectivity index (χ3v) is 6.18. The van der Waals surface area contributed by atoms with Gasteiger partial charge in [0.15, 0.2) is 22.1 Å². The number of hydrogen-bond donors (Lipinski definition) is 0. The topological polar surface area (TPSA) is 97.2 Å². The molecule has 0 radical (unpaired) electrons. The molecular weight excluding hydrogens is 459 g/mol. The maximum Gasteiger partial charge on any atom is 0.231 e. The van der Waals surface area contributed by atoms with Crippen molar-refractivity contribution in [3.05, 3.63) is 45.0 Å². The molecule has 1 aromatic rings. The van der Waals surface area contributed by atoms with Gasteiger partial charge in [-0.25, -0.2) is 9.98 Å². The average Bonchev–Trinajstić information content (AvgIpc) is 3.20. The van der Waals surface area contributed by atoms with E-state index < -0.39 is 5.92 Å². The molecule has 2 aliphatic rings. The van der Waals surface area contributed by atoms with Gasteiger partial charge in [0.1, 0.15) is 10.1 Å². The second-order valence-corrected chi connectivity index (χ2v) is 8.51. The van der Waals surface area contributed by atoms with Crippen LogP contribution in [0.4, 0.5) is 0 Å². The number of fused-ring (bicyclic) bond motifs is 1. The molecule has 3 rings (SSSR count). The molecule has 160 valence electrons. The predicted octanol–water partition coefficient (Wildman–Crippen LogP) is 4.03. The SMILES string of the molecule is CN(C)/C(Cl)=N/C1=C(C#N)C(c2ccc3c(c2)OCO3)C(C#N)=C(/N=C(\Cl)N(C)C)S1. The van der Waals surface area contributed by atoms with E-state index in [1.54, 1.807) is 56.2 Å². The fraction of sp³-hybridized carbons (Fsp3) is 0.300. The van der Waals surface area contributed by atoms with E-state index >= 15 is 0 Å². The van der Waals surface area contributed by atoms with Crippen LogP contribution in [0.2, 0.25) is 0 Å². The Hall–Kier alpha value is -2.85. The zero-order chi connectivity index (χ0) is 22.7. The first kappa shape index (κ1) is 22.8. The van der Waals surface area contributed by atoms with Crippen LogP contribution in [0.25, 0.3) is 0 Å². The van der Waals surface area contributed by atoms with Crippen molar-refractivity contribution in [1.29, 1.82) is 10.5 Å². The highest BCUT2D eigenvalue weighted by molar-refractivity contribution is 8.06. The van der Waals surface area contributed by atoms with Gasteiger partial charge in [0.2, 0.25) is 6.79 Å². The van der Waals surface area contributed by atoms with Crippen LogP contribution >= 0.6 is 35.0 Å². The molecule has 11 heteroatoms.